The Balaban J connectivity index is 1.38. The Morgan fingerprint density at radius 2 is 1.82 bits per heavy atom. The topological polar surface area (TPSA) is 79.8 Å². The van der Waals surface area contributed by atoms with Gasteiger partial charge in [0.05, 0.1) is 6.17 Å². The van der Waals surface area contributed by atoms with Crippen molar-refractivity contribution in [2.45, 2.75) is 88.8 Å². The van der Waals surface area contributed by atoms with Crippen LogP contribution < -0.4 is 21.5 Å². The third-order valence-corrected chi connectivity index (χ3v) is 7.71. The first-order valence-electron chi connectivity index (χ1n) is 11.6. The summed E-state index contributed by atoms with van der Waals surface area (Å²) in [5.41, 5.74) is 16.2. The van der Waals surface area contributed by atoms with Gasteiger partial charge in [0.25, 0.3) is 0 Å². The van der Waals surface area contributed by atoms with Crippen molar-refractivity contribution in [3.8, 4) is 5.75 Å². The lowest BCUT2D eigenvalue weighted by Crippen LogP contribution is -2.65. The molecule has 1 heterocycles. The number of likely N-dealkylation sites (N-methyl/N-ethyl adjacent to an activating group) is 1. The predicted octanol–water partition coefficient (Wildman–Crippen LogP) is 4.35. The van der Waals surface area contributed by atoms with Crippen molar-refractivity contribution in [2.75, 3.05) is 7.05 Å². The van der Waals surface area contributed by atoms with Crippen LogP contribution in [-0.4, -0.2) is 47.7 Å². The van der Waals surface area contributed by atoms with Crippen molar-refractivity contribution >= 4 is 15.9 Å². The fourth-order valence-corrected chi connectivity index (χ4v) is 5.78. The van der Waals surface area contributed by atoms with Crippen molar-refractivity contribution in [1.29, 1.82) is 0 Å². The molecule has 1 aromatic carbocycles. The summed E-state index contributed by atoms with van der Waals surface area (Å²) in [6, 6.07) is 5.34. The number of benzene rings is 1. The van der Waals surface area contributed by atoms with Gasteiger partial charge in [0.15, 0.2) is 0 Å². The minimum atomic E-state index is -4.72. The quantitative estimate of drug-likeness (QED) is 0.524. The summed E-state index contributed by atoms with van der Waals surface area (Å²) in [6.45, 7) is 0.324. The number of allylic oxidation sites excluding steroid dienone is 1. The lowest BCUT2D eigenvalue weighted by atomic mass is 9.86. The number of nitrogens with two attached hydrogens (primary N) is 2. The number of hydrogen-bond acceptors (Lipinski definition) is 6. The molecule has 0 bridgehead atoms. The van der Waals surface area contributed by atoms with Gasteiger partial charge in [0, 0.05) is 34.4 Å². The highest BCUT2D eigenvalue weighted by Gasteiger charge is 2.40. The maximum Gasteiger partial charge on any atom is 0.573 e. The van der Waals surface area contributed by atoms with E-state index in [9.17, 15) is 13.2 Å². The van der Waals surface area contributed by atoms with Crippen LogP contribution in [0.1, 0.15) is 56.9 Å². The molecule has 1 saturated carbocycles. The summed E-state index contributed by atoms with van der Waals surface area (Å²) in [6.07, 6.45) is 3.22. The molecule has 184 valence electrons. The molecule has 6 nitrogen and oxygen atoms in total. The summed E-state index contributed by atoms with van der Waals surface area (Å²) in [7, 11) is 1.99. The lowest BCUT2D eigenvalue weighted by Gasteiger charge is -2.52. The van der Waals surface area contributed by atoms with Crippen LogP contribution >= 0.6 is 15.9 Å². The van der Waals surface area contributed by atoms with E-state index in [-0.39, 0.29) is 24.2 Å². The monoisotopic (exact) mass is 531 g/mol. The predicted molar refractivity (Wildman–Crippen MR) is 125 cm³/mol. The largest absolute Gasteiger partial charge is 0.573 e. The Morgan fingerprint density at radius 1 is 1.12 bits per heavy atom. The smallest absolute Gasteiger partial charge is 0.405 e. The van der Waals surface area contributed by atoms with Crippen LogP contribution in [0.4, 0.5) is 13.2 Å². The molecule has 1 fully saturated rings. The second-order valence-electron chi connectivity index (χ2n) is 9.30. The van der Waals surface area contributed by atoms with E-state index in [0.717, 1.165) is 38.5 Å². The molecule has 5 N–H and O–H groups in total. The van der Waals surface area contributed by atoms with E-state index in [2.05, 4.69) is 35.8 Å². The number of nitrogens with zero attached hydrogens (tertiary/aromatic N) is 2. The van der Waals surface area contributed by atoms with E-state index in [1.165, 1.54) is 30.2 Å². The minimum absolute atomic E-state index is 0.108. The van der Waals surface area contributed by atoms with E-state index in [0.29, 0.717) is 22.6 Å². The van der Waals surface area contributed by atoms with Gasteiger partial charge in [-0.15, -0.1) is 13.2 Å². The fraction of sp³-hybridized carbons (Fsp3) is 0.652. The Morgan fingerprint density at radius 3 is 2.52 bits per heavy atom. The molecule has 2 unspecified atom stereocenters. The van der Waals surface area contributed by atoms with E-state index in [1.807, 2.05) is 7.05 Å². The van der Waals surface area contributed by atoms with Crippen LogP contribution in [-0.2, 0) is 6.54 Å². The van der Waals surface area contributed by atoms with E-state index in [4.69, 9.17) is 11.5 Å². The molecule has 1 aromatic rings. The standard InChI is InChI=1S/C23H33BrF3N5O/c1-31-21(28)18-4-2-3-5-19(18)32(22(31)29)17-10-8-16(9-11-17)30-13-14-6-7-15(24)12-20(14)33-23(25,26)27/h6-7,12,16-17,21-22,30H,2-5,8-11,13,28-29H2,1H3. The van der Waals surface area contributed by atoms with Crippen molar-refractivity contribution in [3.05, 3.63) is 39.5 Å². The number of nitrogens with one attached hydrogen (secondary N) is 1. The average Bonchev–Trinajstić information content (AvgIpc) is 2.77. The van der Waals surface area contributed by atoms with Crippen molar-refractivity contribution < 1.29 is 17.9 Å². The number of alkyl halides is 3. The van der Waals surface area contributed by atoms with Crippen LogP contribution in [0.3, 0.4) is 0 Å². The fourth-order valence-electron chi connectivity index (χ4n) is 5.44. The third-order valence-electron chi connectivity index (χ3n) is 7.22. The molecule has 10 heteroatoms. The zero-order valence-corrected chi connectivity index (χ0v) is 20.5. The Bertz CT molecular complexity index is 872. The zero-order chi connectivity index (χ0) is 23.8. The molecular formula is C23H33BrF3N5O. The highest BCUT2D eigenvalue weighted by Crippen LogP contribution is 2.39. The Hall–Kier alpha value is -1.33. The second-order valence-corrected chi connectivity index (χ2v) is 10.2. The first kappa shape index (κ1) is 24.8. The minimum Gasteiger partial charge on any atom is -0.405 e. The van der Waals surface area contributed by atoms with Crippen LogP contribution in [0.5, 0.6) is 5.75 Å². The van der Waals surface area contributed by atoms with Crippen LogP contribution in [0.2, 0.25) is 0 Å². The average molecular weight is 532 g/mol. The SMILES string of the molecule is CN1C(N)C2=C(CCCC2)N(C2CCC(NCc3ccc(Br)cc3OC(F)(F)F)CC2)C1N. The normalized spacial score (nSPS) is 29.2. The summed E-state index contributed by atoms with van der Waals surface area (Å²) >= 11 is 3.22. The van der Waals surface area contributed by atoms with Crippen molar-refractivity contribution in [2.24, 2.45) is 11.5 Å². The lowest BCUT2D eigenvalue weighted by molar-refractivity contribution is -0.274. The molecule has 0 aromatic heterocycles. The number of rotatable bonds is 5. The van der Waals surface area contributed by atoms with Crippen LogP contribution in [0, 0.1) is 0 Å². The summed E-state index contributed by atoms with van der Waals surface area (Å²) < 4.78 is 43.1. The van der Waals surface area contributed by atoms with Gasteiger partial charge < -0.3 is 20.7 Å². The maximum absolute atomic E-state index is 12.8. The van der Waals surface area contributed by atoms with Gasteiger partial charge in [-0.25, -0.2) is 0 Å². The molecule has 0 saturated heterocycles. The molecule has 1 aliphatic heterocycles. The molecule has 2 aliphatic carbocycles. The molecular weight excluding hydrogens is 499 g/mol. The summed E-state index contributed by atoms with van der Waals surface area (Å²) in [5.74, 6) is -0.173. The Kier molecular flexibility index (Phi) is 7.59. The summed E-state index contributed by atoms with van der Waals surface area (Å²) in [4.78, 5) is 4.46. The molecule has 3 aliphatic rings. The number of halogens is 4. The number of ether oxygens (including phenoxy) is 1. The van der Waals surface area contributed by atoms with Gasteiger partial charge in [-0.1, -0.05) is 22.0 Å². The highest BCUT2D eigenvalue weighted by atomic mass is 79.9. The first-order valence-corrected chi connectivity index (χ1v) is 12.4. The molecule has 0 spiro atoms. The molecule has 2 atom stereocenters. The zero-order valence-electron chi connectivity index (χ0n) is 18.9. The summed E-state index contributed by atoms with van der Waals surface area (Å²) in [5, 5.41) is 3.44. The van der Waals surface area contributed by atoms with E-state index < -0.39 is 6.36 Å². The van der Waals surface area contributed by atoms with Gasteiger partial charge in [0.2, 0.25) is 0 Å². The van der Waals surface area contributed by atoms with Crippen molar-refractivity contribution in [3.63, 3.8) is 0 Å². The van der Waals surface area contributed by atoms with Gasteiger partial charge in [0.1, 0.15) is 12.0 Å². The van der Waals surface area contributed by atoms with Gasteiger partial charge in [-0.05, 0) is 76.1 Å². The second kappa shape index (κ2) is 10.1. The van der Waals surface area contributed by atoms with Gasteiger partial charge in [-0.2, -0.15) is 0 Å². The number of hydrogen-bond donors (Lipinski definition) is 3. The molecule has 4 rings (SSSR count). The molecule has 0 radical (unpaired) electrons. The highest BCUT2D eigenvalue weighted by molar-refractivity contribution is 9.10. The molecule has 33 heavy (non-hydrogen) atoms. The molecule has 0 amide bonds. The van der Waals surface area contributed by atoms with Crippen LogP contribution in [0.25, 0.3) is 0 Å². The third kappa shape index (κ3) is 5.67. The Labute approximate surface area is 201 Å². The van der Waals surface area contributed by atoms with Gasteiger partial charge >= 0.3 is 6.36 Å². The van der Waals surface area contributed by atoms with Gasteiger partial charge in [-0.3, -0.25) is 10.6 Å². The first-order chi connectivity index (χ1) is 15.6. The van der Waals surface area contributed by atoms with Crippen LogP contribution in [0.15, 0.2) is 33.9 Å². The van der Waals surface area contributed by atoms with Crippen molar-refractivity contribution in [1.82, 2.24) is 15.1 Å². The van der Waals surface area contributed by atoms with E-state index >= 15 is 0 Å². The maximum atomic E-state index is 12.8. The van der Waals surface area contributed by atoms with E-state index in [1.54, 1.807) is 12.1 Å².